The Morgan fingerprint density at radius 3 is 1.98 bits per heavy atom. The molecule has 1 aliphatic heterocycles. The van der Waals surface area contributed by atoms with Crippen LogP contribution in [0.25, 0.3) is 33.4 Å². The Labute approximate surface area is 321 Å². The Morgan fingerprint density at radius 2 is 1.23 bits per heavy atom. The van der Waals surface area contributed by atoms with E-state index >= 15 is 0 Å². The van der Waals surface area contributed by atoms with E-state index in [0.29, 0.717) is 17.8 Å². The summed E-state index contributed by atoms with van der Waals surface area (Å²) in [5, 5.41) is 0.900. The van der Waals surface area contributed by atoms with Crippen LogP contribution in [0.15, 0.2) is 140 Å². The Balaban J connectivity index is 1.10. The van der Waals surface area contributed by atoms with Crippen LogP contribution in [0.5, 0.6) is 0 Å². The van der Waals surface area contributed by atoms with Crippen LogP contribution in [0.2, 0.25) is 5.02 Å². The minimum atomic E-state index is 0.0316. The fraction of sp³-hybridized carbons (Fsp3) is 0.265. The summed E-state index contributed by atoms with van der Waals surface area (Å²) in [5.41, 5.74) is 15.7. The number of benzene rings is 6. The normalized spacial score (nSPS) is 25.3. The van der Waals surface area contributed by atoms with E-state index in [4.69, 9.17) is 11.6 Å². The van der Waals surface area contributed by atoms with E-state index in [1.807, 2.05) is 0 Å². The third-order valence-electron chi connectivity index (χ3n) is 13.8. The van der Waals surface area contributed by atoms with Crippen molar-refractivity contribution in [1.82, 2.24) is 4.67 Å². The number of hydrogen-bond donors (Lipinski definition) is 0. The van der Waals surface area contributed by atoms with Crippen molar-refractivity contribution in [2.45, 2.75) is 43.4 Å². The van der Waals surface area contributed by atoms with Gasteiger partial charge in [-0.25, -0.2) is 0 Å². The minimum absolute atomic E-state index is 0.0316. The molecule has 4 bridgehead atoms. The first-order chi connectivity index (χ1) is 26.0. The number of para-hydroxylation sites is 1. The fourth-order valence-electron chi connectivity index (χ4n) is 11.8. The van der Waals surface area contributed by atoms with Crippen LogP contribution < -0.4 is 4.90 Å². The molecule has 5 fully saturated rings. The van der Waals surface area contributed by atoms with Crippen molar-refractivity contribution in [2.75, 3.05) is 18.0 Å². The first kappa shape index (κ1) is 32.2. The van der Waals surface area contributed by atoms with Crippen molar-refractivity contribution < 1.29 is 0 Å². The van der Waals surface area contributed by atoms with E-state index in [1.165, 1.54) is 99.2 Å². The molecule has 5 aliphatic carbocycles. The minimum Gasteiger partial charge on any atom is -0.310 e. The summed E-state index contributed by atoms with van der Waals surface area (Å²) in [6.07, 6.45) is 6.84. The topological polar surface area (TPSA) is 6.48 Å². The maximum atomic E-state index is 7.19. The third kappa shape index (κ3) is 4.99. The molecular weight excluding hydrogens is 683 g/mol. The summed E-state index contributed by atoms with van der Waals surface area (Å²) in [4.78, 5) is 2.53. The molecular formula is C49H44ClN2P. The maximum absolute atomic E-state index is 7.19. The molecule has 1 saturated heterocycles. The second-order valence-electron chi connectivity index (χ2n) is 16.6. The van der Waals surface area contributed by atoms with Crippen LogP contribution in [0.4, 0.5) is 17.1 Å². The van der Waals surface area contributed by atoms with Crippen molar-refractivity contribution in [3.05, 3.63) is 161 Å². The van der Waals surface area contributed by atoms with Crippen molar-refractivity contribution in [2.24, 2.45) is 23.7 Å². The van der Waals surface area contributed by atoms with Gasteiger partial charge in [0.2, 0.25) is 0 Å². The summed E-state index contributed by atoms with van der Waals surface area (Å²) in [7, 11) is 2.86. The van der Waals surface area contributed by atoms with Gasteiger partial charge in [-0.05, 0) is 131 Å². The molecule has 6 aromatic rings. The highest BCUT2D eigenvalue weighted by Gasteiger charge is 2.61. The molecule has 6 aliphatic rings. The number of fused-ring (bicyclic) bond motifs is 3. The predicted octanol–water partition coefficient (Wildman–Crippen LogP) is 13.1. The molecule has 262 valence electrons. The van der Waals surface area contributed by atoms with Gasteiger partial charge in [0.25, 0.3) is 0 Å². The largest absolute Gasteiger partial charge is 0.310 e. The summed E-state index contributed by atoms with van der Waals surface area (Å²) >= 11 is 7.19. The van der Waals surface area contributed by atoms with Crippen LogP contribution >= 0.6 is 21.0 Å². The monoisotopic (exact) mass is 726 g/mol. The lowest BCUT2D eigenvalue weighted by Gasteiger charge is -2.61. The van der Waals surface area contributed by atoms with E-state index in [9.17, 15) is 0 Å². The molecule has 1 heterocycles. The lowest BCUT2D eigenvalue weighted by molar-refractivity contribution is -0.0399. The molecule has 4 heteroatoms. The van der Waals surface area contributed by atoms with E-state index in [2.05, 4.69) is 158 Å². The molecule has 0 radical (unpaired) electrons. The van der Waals surface area contributed by atoms with Crippen molar-refractivity contribution in [1.29, 1.82) is 0 Å². The first-order valence-corrected chi connectivity index (χ1v) is 20.5. The molecule has 53 heavy (non-hydrogen) atoms. The van der Waals surface area contributed by atoms with Gasteiger partial charge in [0.1, 0.15) is 0 Å². The van der Waals surface area contributed by atoms with Gasteiger partial charge in [0.15, 0.2) is 0 Å². The van der Waals surface area contributed by atoms with Crippen molar-refractivity contribution in [3.8, 4) is 33.4 Å². The molecule has 0 aromatic heterocycles. The van der Waals surface area contributed by atoms with E-state index in [0.717, 1.165) is 29.9 Å². The second-order valence-corrected chi connectivity index (χ2v) is 17.7. The van der Waals surface area contributed by atoms with Crippen LogP contribution in [0.1, 0.15) is 54.7 Å². The van der Waals surface area contributed by atoms with Crippen molar-refractivity contribution in [3.63, 3.8) is 0 Å². The molecule has 0 amide bonds. The summed E-state index contributed by atoms with van der Waals surface area (Å²) in [6, 6.07) is 52.4. The highest BCUT2D eigenvalue weighted by atomic mass is 35.5. The van der Waals surface area contributed by atoms with Crippen LogP contribution in [0, 0.1) is 23.7 Å². The Morgan fingerprint density at radius 1 is 0.566 bits per heavy atom. The molecule has 1 unspecified atom stereocenters. The molecule has 12 rings (SSSR count). The van der Waals surface area contributed by atoms with Gasteiger partial charge in [-0.15, -0.1) is 0 Å². The predicted molar refractivity (Wildman–Crippen MR) is 224 cm³/mol. The number of hydrogen-bond acceptors (Lipinski definition) is 2. The number of anilines is 3. The summed E-state index contributed by atoms with van der Waals surface area (Å²) < 4.78 is 2.32. The highest BCUT2D eigenvalue weighted by molar-refractivity contribution is 7.13. The zero-order valence-electron chi connectivity index (χ0n) is 30.0. The average Bonchev–Trinajstić information content (AvgIpc) is 3.47. The molecule has 1 atom stereocenters. The van der Waals surface area contributed by atoms with Crippen molar-refractivity contribution >= 4 is 38.1 Å². The number of nitrogens with zero attached hydrogens (tertiary/aromatic N) is 2. The third-order valence-corrected chi connectivity index (χ3v) is 14.6. The van der Waals surface area contributed by atoms with Crippen LogP contribution in [0.3, 0.4) is 0 Å². The number of halogens is 1. The standard InChI is InChI=1S/C49H44ClN2P/c50-46-14-7-13-44-48(46)43-21-20-41(28-45(43)49(44)38-23-31-22-32(25-38)26-39(49)24-31)52(40-18-16-34(17-19-40)33-8-2-1-3-9-33)47-15-5-4-12-42(47)36-11-6-10-35(27-36)37-29-51(53)30-37/h1-21,27-28,31-32,37-39H,22-26,29-30,53H2. The lowest BCUT2D eigenvalue weighted by atomic mass is 9.43. The second kappa shape index (κ2) is 12.4. The quantitative estimate of drug-likeness (QED) is 0.158. The number of rotatable bonds is 6. The van der Waals surface area contributed by atoms with Crippen LogP contribution in [-0.2, 0) is 5.41 Å². The van der Waals surface area contributed by atoms with Gasteiger partial charge in [-0.2, -0.15) is 0 Å². The smallest absolute Gasteiger partial charge is 0.0540 e. The highest BCUT2D eigenvalue weighted by Crippen LogP contribution is 2.70. The fourth-order valence-corrected chi connectivity index (χ4v) is 12.6. The van der Waals surface area contributed by atoms with E-state index in [1.54, 1.807) is 0 Å². The van der Waals surface area contributed by atoms with E-state index in [-0.39, 0.29) is 5.41 Å². The van der Waals surface area contributed by atoms with E-state index < -0.39 is 0 Å². The zero-order valence-corrected chi connectivity index (χ0v) is 31.9. The van der Waals surface area contributed by atoms with Gasteiger partial charge < -0.3 is 4.90 Å². The van der Waals surface area contributed by atoms with Gasteiger partial charge in [0, 0.05) is 51.9 Å². The molecule has 1 spiro atoms. The van der Waals surface area contributed by atoms with Gasteiger partial charge >= 0.3 is 0 Å². The van der Waals surface area contributed by atoms with Gasteiger partial charge in [-0.1, -0.05) is 124 Å². The van der Waals surface area contributed by atoms with Crippen LogP contribution in [-0.4, -0.2) is 17.8 Å². The lowest BCUT2D eigenvalue weighted by Crippen LogP contribution is -2.55. The maximum Gasteiger partial charge on any atom is 0.0540 e. The molecule has 4 saturated carbocycles. The Hall–Kier alpha value is -4.20. The summed E-state index contributed by atoms with van der Waals surface area (Å²) in [5.74, 6) is 3.69. The van der Waals surface area contributed by atoms with Gasteiger partial charge in [0.05, 0.1) is 5.69 Å². The zero-order chi connectivity index (χ0) is 35.3. The molecule has 2 nitrogen and oxygen atoms in total. The van der Waals surface area contributed by atoms with Gasteiger partial charge in [-0.3, -0.25) is 4.67 Å². The summed E-state index contributed by atoms with van der Waals surface area (Å²) in [6.45, 7) is 2.17. The Kier molecular flexibility index (Phi) is 7.56. The Bertz CT molecular complexity index is 2330. The SMILES string of the molecule is PN1CC(c2cccc(-c3ccccc3N(c3ccc(-c4ccccc4)cc3)c3ccc4c(c3)C3(c5cccc(Cl)c5-4)C4CC5CC(C4)CC3C5)c2)C1. The first-order valence-electron chi connectivity index (χ1n) is 19.6. The average molecular weight is 727 g/mol. The molecule has 6 aromatic carbocycles. The molecule has 0 N–H and O–H groups in total.